The molecule has 0 saturated heterocycles. The molecule has 0 N–H and O–H groups in total. The monoisotopic (exact) mass is 282 g/mol. The second kappa shape index (κ2) is 11.1. The van der Waals surface area contributed by atoms with Gasteiger partial charge < -0.3 is 14.2 Å². The van der Waals surface area contributed by atoms with Crippen LogP contribution in [-0.4, -0.2) is 39.4 Å². The SMILES string of the molecule is COCOC(=O)/C(C)=C/C=C(/C)[C@@H](C/C=C\C=O)OC. The Balaban J connectivity index is 4.63. The molecule has 5 heteroatoms. The molecule has 0 amide bonds. The van der Waals surface area contributed by atoms with E-state index in [1.807, 2.05) is 6.92 Å². The summed E-state index contributed by atoms with van der Waals surface area (Å²) >= 11 is 0. The largest absolute Gasteiger partial charge is 0.435 e. The Hall–Kier alpha value is -1.72. The lowest BCUT2D eigenvalue weighted by atomic mass is 10.1. The number of methoxy groups -OCH3 is 2. The van der Waals surface area contributed by atoms with Crippen molar-refractivity contribution in [1.82, 2.24) is 0 Å². The zero-order valence-electron chi connectivity index (χ0n) is 12.4. The Kier molecular flexibility index (Phi) is 10.2. The molecule has 0 aromatic rings. The quantitative estimate of drug-likeness (QED) is 0.213. The van der Waals surface area contributed by atoms with Gasteiger partial charge in [0.15, 0.2) is 6.79 Å². The van der Waals surface area contributed by atoms with E-state index in [-0.39, 0.29) is 12.9 Å². The number of hydrogen-bond donors (Lipinski definition) is 0. The van der Waals surface area contributed by atoms with Crippen molar-refractivity contribution in [3.63, 3.8) is 0 Å². The summed E-state index contributed by atoms with van der Waals surface area (Å²) in [6, 6.07) is 0. The summed E-state index contributed by atoms with van der Waals surface area (Å²) in [4.78, 5) is 21.7. The number of esters is 1. The van der Waals surface area contributed by atoms with E-state index < -0.39 is 5.97 Å². The van der Waals surface area contributed by atoms with Crippen LogP contribution in [0.15, 0.2) is 35.5 Å². The molecular formula is C15H22O5. The molecule has 0 aromatic heterocycles. The predicted molar refractivity (Wildman–Crippen MR) is 76.1 cm³/mol. The lowest BCUT2D eigenvalue weighted by Gasteiger charge is -2.13. The molecule has 0 aliphatic carbocycles. The summed E-state index contributed by atoms with van der Waals surface area (Å²) in [6.45, 7) is 3.49. The van der Waals surface area contributed by atoms with Crippen LogP contribution in [0.25, 0.3) is 0 Å². The number of aldehydes is 1. The summed E-state index contributed by atoms with van der Waals surface area (Å²) in [7, 11) is 3.05. The van der Waals surface area contributed by atoms with Crippen LogP contribution in [0.1, 0.15) is 20.3 Å². The lowest BCUT2D eigenvalue weighted by Crippen LogP contribution is -2.11. The third-order valence-corrected chi connectivity index (χ3v) is 2.58. The lowest BCUT2D eigenvalue weighted by molar-refractivity contribution is -0.149. The van der Waals surface area contributed by atoms with E-state index in [2.05, 4.69) is 4.74 Å². The summed E-state index contributed by atoms with van der Waals surface area (Å²) < 4.78 is 14.8. The first kappa shape index (κ1) is 18.3. The fraction of sp³-hybridized carbons (Fsp3) is 0.467. The van der Waals surface area contributed by atoms with Gasteiger partial charge in [0, 0.05) is 19.8 Å². The highest BCUT2D eigenvalue weighted by molar-refractivity contribution is 5.88. The van der Waals surface area contributed by atoms with Crippen molar-refractivity contribution in [3.05, 3.63) is 35.5 Å². The molecule has 0 spiro atoms. The molecule has 1 atom stereocenters. The van der Waals surface area contributed by atoms with Gasteiger partial charge in [0.2, 0.25) is 0 Å². The van der Waals surface area contributed by atoms with Crippen molar-refractivity contribution in [1.29, 1.82) is 0 Å². The maximum Gasteiger partial charge on any atom is 0.335 e. The highest BCUT2D eigenvalue weighted by Gasteiger charge is 2.08. The summed E-state index contributed by atoms with van der Waals surface area (Å²) in [5.74, 6) is -0.425. The van der Waals surface area contributed by atoms with Crippen LogP contribution in [0.5, 0.6) is 0 Å². The maximum atomic E-state index is 11.5. The molecule has 0 heterocycles. The van der Waals surface area contributed by atoms with Crippen molar-refractivity contribution >= 4 is 12.3 Å². The highest BCUT2D eigenvalue weighted by Crippen LogP contribution is 2.11. The normalized spacial score (nSPS) is 14.4. The molecule has 0 radical (unpaired) electrons. The van der Waals surface area contributed by atoms with Crippen LogP contribution in [0.3, 0.4) is 0 Å². The fourth-order valence-corrected chi connectivity index (χ4v) is 1.38. The van der Waals surface area contributed by atoms with Gasteiger partial charge in [-0.05, 0) is 31.9 Å². The average Bonchev–Trinajstić information content (AvgIpc) is 2.46. The summed E-state index contributed by atoms with van der Waals surface area (Å²) in [6.07, 6.45) is 7.82. The van der Waals surface area contributed by atoms with Crippen LogP contribution < -0.4 is 0 Å². The topological polar surface area (TPSA) is 61.8 Å². The van der Waals surface area contributed by atoms with Crippen LogP contribution in [0.4, 0.5) is 0 Å². The van der Waals surface area contributed by atoms with E-state index >= 15 is 0 Å². The van der Waals surface area contributed by atoms with Crippen molar-refractivity contribution in [2.45, 2.75) is 26.4 Å². The molecular weight excluding hydrogens is 260 g/mol. The maximum absolute atomic E-state index is 11.5. The van der Waals surface area contributed by atoms with Gasteiger partial charge in [-0.2, -0.15) is 0 Å². The first-order valence-corrected chi connectivity index (χ1v) is 6.21. The molecule has 0 rings (SSSR count). The van der Waals surface area contributed by atoms with Gasteiger partial charge in [-0.3, -0.25) is 4.79 Å². The molecule has 20 heavy (non-hydrogen) atoms. The van der Waals surface area contributed by atoms with Gasteiger partial charge >= 0.3 is 5.97 Å². The van der Waals surface area contributed by atoms with E-state index in [9.17, 15) is 9.59 Å². The van der Waals surface area contributed by atoms with Gasteiger partial charge in [0.1, 0.15) is 6.29 Å². The average molecular weight is 282 g/mol. The fourth-order valence-electron chi connectivity index (χ4n) is 1.38. The third kappa shape index (κ3) is 7.66. The number of allylic oxidation sites excluding steroid dienone is 3. The second-order valence-electron chi connectivity index (χ2n) is 4.12. The van der Waals surface area contributed by atoms with Gasteiger partial charge in [0.25, 0.3) is 0 Å². The predicted octanol–water partition coefficient (Wildman–Crippen LogP) is 2.19. The summed E-state index contributed by atoms with van der Waals surface area (Å²) in [5.41, 5.74) is 1.42. The van der Waals surface area contributed by atoms with E-state index in [0.717, 1.165) is 11.9 Å². The third-order valence-electron chi connectivity index (χ3n) is 2.58. The minimum Gasteiger partial charge on any atom is -0.435 e. The van der Waals surface area contributed by atoms with Gasteiger partial charge in [0.05, 0.1) is 6.10 Å². The second-order valence-corrected chi connectivity index (χ2v) is 4.12. The van der Waals surface area contributed by atoms with Crippen LogP contribution in [0, 0.1) is 0 Å². The first-order valence-electron chi connectivity index (χ1n) is 6.21. The number of carbonyl (C=O) groups is 2. The van der Waals surface area contributed by atoms with Gasteiger partial charge in [-0.15, -0.1) is 0 Å². The van der Waals surface area contributed by atoms with E-state index in [0.29, 0.717) is 12.0 Å². The number of hydrogen-bond acceptors (Lipinski definition) is 5. The van der Waals surface area contributed by atoms with Gasteiger partial charge in [-0.1, -0.05) is 18.2 Å². The van der Waals surface area contributed by atoms with Crippen LogP contribution in [0.2, 0.25) is 0 Å². The van der Waals surface area contributed by atoms with Crippen molar-refractivity contribution in [3.8, 4) is 0 Å². The van der Waals surface area contributed by atoms with Crippen molar-refractivity contribution < 1.29 is 23.8 Å². The number of ether oxygens (including phenoxy) is 3. The minimum atomic E-state index is -0.425. The van der Waals surface area contributed by atoms with Gasteiger partial charge in [-0.25, -0.2) is 4.79 Å². The van der Waals surface area contributed by atoms with Crippen LogP contribution >= 0.6 is 0 Å². The Morgan fingerprint density at radius 3 is 2.45 bits per heavy atom. The molecule has 0 fully saturated rings. The number of rotatable bonds is 9. The van der Waals surface area contributed by atoms with E-state index in [1.54, 1.807) is 32.3 Å². The molecule has 0 unspecified atom stereocenters. The molecule has 0 saturated carbocycles. The highest BCUT2D eigenvalue weighted by atomic mass is 16.7. The molecule has 0 aromatic carbocycles. The summed E-state index contributed by atoms with van der Waals surface area (Å²) in [5, 5.41) is 0. The number of carbonyl (C=O) groups excluding carboxylic acids is 2. The first-order chi connectivity index (χ1) is 9.56. The molecule has 112 valence electrons. The van der Waals surface area contributed by atoms with Crippen molar-refractivity contribution in [2.75, 3.05) is 21.0 Å². The molecule has 0 aliphatic heterocycles. The Bertz CT molecular complexity index is 393. The Labute approximate surface area is 119 Å². The smallest absolute Gasteiger partial charge is 0.335 e. The standard InChI is InChI=1S/C15H22O5/c1-12(14(19-4)7-5-6-10-16)8-9-13(2)15(17)20-11-18-3/h5-6,8-10,14H,7,11H2,1-4H3/b6-5-,12-8-,13-9+/t14-/m1/s1. The van der Waals surface area contributed by atoms with Crippen LogP contribution in [-0.2, 0) is 23.8 Å². The van der Waals surface area contributed by atoms with E-state index in [1.165, 1.54) is 13.2 Å². The van der Waals surface area contributed by atoms with E-state index in [4.69, 9.17) is 9.47 Å². The zero-order chi connectivity index (χ0) is 15.4. The Morgan fingerprint density at radius 2 is 1.90 bits per heavy atom. The zero-order valence-corrected chi connectivity index (χ0v) is 12.4. The molecule has 0 bridgehead atoms. The van der Waals surface area contributed by atoms with Crippen molar-refractivity contribution in [2.24, 2.45) is 0 Å². The molecule has 0 aliphatic rings. The minimum absolute atomic E-state index is 0.0656. The Morgan fingerprint density at radius 1 is 1.20 bits per heavy atom. The molecule has 5 nitrogen and oxygen atoms in total.